The minimum atomic E-state index is -0.0873. The largest absolute Gasteiger partial charge is 0.303 e. The molecule has 0 aliphatic heterocycles. The van der Waals surface area contributed by atoms with Gasteiger partial charge in [0.15, 0.2) is 0 Å². The van der Waals surface area contributed by atoms with E-state index >= 15 is 0 Å². The summed E-state index contributed by atoms with van der Waals surface area (Å²) in [5, 5.41) is 8.08. The topological polar surface area (TPSA) is 47.8 Å². The molecule has 0 N–H and O–H groups in total. The van der Waals surface area contributed by atoms with Crippen LogP contribution >= 0.6 is 0 Å². The Balaban J connectivity index is 2.08. The minimum absolute atomic E-state index is 0.0873. The van der Waals surface area contributed by atoms with Crippen molar-refractivity contribution in [3.05, 3.63) is 11.9 Å². The van der Waals surface area contributed by atoms with Crippen LogP contribution in [0.15, 0.2) is 6.20 Å². The Kier molecular flexibility index (Phi) is 1.49. The van der Waals surface area contributed by atoms with Crippen molar-refractivity contribution in [1.82, 2.24) is 15.0 Å². The second-order valence-corrected chi connectivity index (χ2v) is 3.48. The van der Waals surface area contributed by atoms with Gasteiger partial charge in [-0.15, -0.1) is 0 Å². The third kappa shape index (κ3) is 1.24. The summed E-state index contributed by atoms with van der Waals surface area (Å²) in [6.07, 6.45) is 5.55. The lowest BCUT2D eigenvalue weighted by molar-refractivity contribution is -0.112. The molecular formula is C8H11N3O. The fourth-order valence-electron chi connectivity index (χ4n) is 1.33. The third-order valence-electron chi connectivity index (χ3n) is 2.32. The molecule has 0 atom stereocenters. The first-order valence-corrected chi connectivity index (χ1v) is 4.06. The van der Waals surface area contributed by atoms with E-state index < -0.39 is 0 Å². The molecule has 1 aromatic heterocycles. The molecule has 4 nitrogen and oxygen atoms in total. The van der Waals surface area contributed by atoms with Crippen LogP contribution in [-0.2, 0) is 18.3 Å². The van der Waals surface area contributed by atoms with Gasteiger partial charge < -0.3 is 4.79 Å². The summed E-state index contributed by atoms with van der Waals surface area (Å²) in [5.41, 5.74) is 0.831. The Morgan fingerprint density at radius 1 is 1.75 bits per heavy atom. The van der Waals surface area contributed by atoms with Gasteiger partial charge in [-0.3, -0.25) is 0 Å². The van der Waals surface area contributed by atoms with Crippen LogP contribution in [0.1, 0.15) is 18.5 Å². The Bertz CT molecular complexity index is 301. The van der Waals surface area contributed by atoms with E-state index in [0.717, 1.165) is 31.2 Å². The lowest BCUT2D eigenvalue weighted by Gasteiger charge is -2.00. The lowest BCUT2D eigenvalue weighted by Crippen LogP contribution is -2.07. The van der Waals surface area contributed by atoms with Crippen molar-refractivity contribution in [3.63, 3.8) is 0 Å². The van der Waals surface area contributed by atoms with Gasteiger partial charge in [0.25, 0.3) is 0 Å². The summed E-state index contributed by atoms with van der Waals surface area (Å²) < 4.78 is 0. The number of hydrogen-bond acceptors (Lipinski definition) is 3. The van der Waals surface area contributed by atoms with E-state index in [1.165, 1.54) is 4.80 Å². The number of hydrogen-bond donors (Lipinski definition) is 0. The van der Waals surface area contributed by atoms with Crippen LogP contribution in [0.5, 0.6) is 0 Å². The molecule has 64 valence electrons. The molecule has 1 saturated carbocycles. The molecule has 0 aromatic carbocycles. The molecule has 0 bridgehead atoms. The summed E-state index contributed by atoms with van der Waals surface area (Å²) in [5.74, 6) is 0. The van der Waals surface area contributed by atoms with Crippen LogP contribution in [0.25, 0.3) is 0 Å². The monoisotopic (exact) mass is 165 g/mol. The number of aldehydes is 1. The highest BCUT2D eigenvalue weighted by Gasteiger charge is 2.43. The maximum atomic E-state index is 10.6. The SMILES string of the molecule is Cn1ncc(CC2(C=O)CC2)n1. The highest BCUT2D eigenvalue weighted by Crippen LogP contribution is 2.45. The zero-order valence-corrected chi connectivity index (χ0v) is 7.03. The normalized spacial score (nSPS) is 19.1. The van der Waals surface area contributed by atoms with Crippen LogP contribution in [0.2, 0.25) is 0 Å². The first-order valence-electron chi connectivity index (χ1n) is 4.06. The maximum Gasteiger partial charge on any atom is 0.126 e. The van der Waals surface area contributed by atoms with Crippen LogP contribution in [0.4, 0.5) is 0 Å². The Morgan fingerprint density at radius 2 is 2.50 bits per heavy atom. The van der Waals surface area contributed by atoms with E-state index in [9.17, 15) is 4.79 Å². The Labute approximate surface area is 70.6 Å². The molecule has 0 saturated heterocycles. The second-order valence-electron chi connectivity index (χ2n) is 3.48. The number of aryl methyl sites for hydroxylation is 1. The Hall–Kier alpha value is -1.19. The van der Waals surface area contributed by atoms with Crippen molar-refractivity contribution in [2.45, 2.75) is 19.3 Å². The first-order chi connectivity index (χ1) is 5.74. The first kappa shape index (κ1) is 7.46. The van der Waals surface area contributed by atoms with E-state index in [1.807, 2.05) is 0 Å². The predicted molar refractivity (Wildman–Crippen MR) is 42.4 cm³/mol. The third-order valence-corrected chi connectivity index (χ3v) is 2.32. The molecule has 1 heterocycles. The molecular weight excluding hydrogens is 154 g/mol. The average Bonchev–Trinajstić information content (AvgIpc) is 2.71. The van der Waals surface area contributed by atoms with Crippen molar-refractivity contribution < 1.29 is 4.79 Å². The summed E-state index contributed by atoms with van der Waals surface area (Å²) in [7, 11) is 1.78. The molecule has 4 heteroatoms. The number of nitrogens with zero attached hydrogens (tertiary/aromatic N) is 3. The molecule has 1 aliphatic carbocycles. The zero-order chi connectivity index (χ0) is 8.60. The van der Waals surface area contributed by atoms with Crippen LogP contribution < -0.4 is 0 Å². The van der Waals surface area contributed by atoms with E-state index in [-0.39, 0.29) is 5.41 Å². The summed E-state index contributed by atoms with van der Waals surface area (Å²) in [6.45, 7) is 0. The van der Waals surface area contributed by atoms with Crippen LogP contribution in [-0.4, -0.2) is 21.3 Å². The lowest BCUT2D eigenvalue weighted by atomic mass is 10.0. The molecule has 12 heavy (non-hydrogen) atoms. The molecule has 0 amide bonds. The van der Waals surface area contributed by atoms with Gasteiger partial charge >= 0.3 is 0 Å². The number of carbonyl (C=O) groups excluding carboxylic acids is 1. The Morgan fingerprint density at radius 3 is 2.92 bits per heavy atom. The van der Waals surface area contributed by atoms with Gasteiger partial charge in [-0.25, -0.2) is 0 Å². The molecule has 1 aliphatic rings. The summed E-state index contributed by atoms with van der Waals surface area (Å²) in [6, 6.07) is 0. The second kappa shape index (κ2) is 2.40. The van der Waals surface area contributed by atoms with Gasteiger partial charge in [0, 0.05) is 18.9 Å². The van der Waals surface area contributed by atoms with Crippen molar-refractivity contribution in [2.24, 2.45) is 12.5 Å². The zero-order valence-electron chi connectivity index (χ0n) is 7.03. The fourth-order valence-corrected chi connectivity index (χ4v) is 1.33. The van der Waals surface area contributed by atoms with Gasteiger partial charge in [0.1, 0.15) is 6.29 Å². The minimum Gasteiger partial charge on any atom is -0.303 e. The van der Waals surface area contributed by atoms with Gasteiger partial charge in [-0.2, -0.15) is 15.0 Å². The summed E-state index contributed by atoms with van der Waals surface area (Å²) >= 11 is 0. The van der Waals surface area contributed by atoms with Crippen LogP contribution in [0.3, 0.4) is 0 Å². The molecule has 0 spiro atoms. The van der Waals surface area contributed by atoms with E-state index in [2.05, 4.69) is 10.2 Å². The van der Waals surface area contributed by atoms with Crippen LogP contribution in [0, 0.1) is 5.41 Å². The van der Waals surface area contributed by atoms with E-state index in [0.29, 0.717) is 0 Å². The van der Waals surface area contributed by atoms with Gasteiger partial charge in [-0.05, 0) is 12.8 Å². The number of rotatable bonds is 3. The molecule has 2 rings (SSSR count). The van der Waals surface area contributed by atoms with Gasteiger partial charge in [0.2, 0.25) is 0 Å². The molecule has 1 aromatic rings. The van der Waals surface area contributed by atoms with Crippen molar-refractivity contribution >= 4 is 6.29 Å². The smallest absolute Gasteiger partial charge is 0.126 e. The van der Waals surface area contributed by atoms with Crippen molar-refractivity contribution in [2.75, 3.05) is 0 Å². The molecule has 0 radical (unpaired) electrons. The fraction of sp³-hybridized carbons (Fsp3) is 0.625. The highest BCUT2D eigenvalue weighted by molar-refractivity contribution is 5.63. The maximum absolute atomic E-state index is 10.6. The van der Waals surface area contributed by atoms with Crippen molar-refractivity contribution in [1.29, 1.82) is 0 Å². The van der Waals surface area contributed by atoms with Gasteiger partial charge in [0.05, 0.1) is 11.9 Å². The van der Waals surface area contributed by atoms with E-state index in [1.54, 1.807) is 13.2 Å². The number of carbonyl (C=O) groups is 1. The number of aromatic nitrogens is 3. The molecule has 1 fully saturated rings. The highest BCUT2D eigenvalue weighted by atomic mass is 16.1. The standard InChI is InChI=1S/C8H11N3O/c1-11-9-5-7(10-11)4-8(6-12)2-3-8/h5-6H,2-4H2,1H3. The predicted octanol–water partition coefficient (Wildman–Crippen LogP) is 0.337. The molecule has 0 unspecified atom stereocenters. The summed E-state index contributed by atoms with van der Waals surface area (Å²) in [4.78, 5) is 12.2. The quantitative estimate of drug-likeness (QED) is 0.607. The van der Waals surface area contributed by atoms with Crippen molar-refractivity contribution in [3.8, 4) is 0 Å². The van der Waals surface area contributed by atoms with E-state index in [4.69, 9.17) is 0 Å². The van der Waals surface area contributed by atoms with Gasteiger partial charge in [-0.1, -0.05) is 0 Å². The average molecular weight is 165 g/mol.